The Morgan fingerprint density at radius 3 is 2.88 bits per heavy atom. The Morgan fingerprint density at radius 1 is 1.35 bits per heavy atom. The van der Waals surface area contributed by atoms with Crippen LogP contribution in [0.5, 0.6) is 5.88 Å². The minimum atomic E-state index is 0.0695. The Morgan fingerprint density at radius 2 is 2.19 bits per heavy atom. The van der Waals surface area contributed by atoms with Crippen LogP contribution in [-0.4, -0.2) is 48.2 Å². The number of nitrogens with zero attached hydrogens (tertiary/aromatic N) is 2. The van der Waals surface area contributed by atoms with Crippen molar-refractivity contribution in [1.82, 2.24) is 9.88 Å². The van der Waals surface area contributed by atoms with Gasteiger partial charge in [0.15, 0.2) is 0 Å². The molecule has 1 unspecified atom stereocenters. The van der Waals surface area contributed by atoms with Gasteiger partial charge in [-0.1, -0.05) is 6.07 Å². The van der Waals surface area contributed by atoms with E-state index in [1.807, 2.05) is 30.0 Å². The monoisotopic (exact) mass is 356 g/mol. The van der Waals surface area contributed by atoms with Crippen LogP contribution in [-0.2, 0) is 4.74 Å². The fraction of sp³-hybridized carbons (Fsp3) is 0.500. The van der Waals surface area contributed by atoms with Gasteiger partial charge in [0, 0.05) is 25.4 Å². The van der Waals surface area contributed by atoms with Gasteiger partial charge in [0.1, 0.15) is 12.4 Å². The number of ether oxygens (including phenoxy) is 2. The first-order valence-corrected chi connectivity index (χ1v) is 9.14. The normalized spacial score (nSPS) is 21.9. The molecule has 1 atom stereocenters. The highest BCUT2D eigenvalue weighted by Gasteiger charge is 2.43. The summed E-state index contributed by atoms with van der Waals surface area (Å²) in [7, 11) is 0. The van der Waals surface area contributed by atoms with E-state index in [1.54, 1.807) is 18.5 Å². The zero-order valence-electron chi connectivity index (χ0n) is 15.0. The van der Waals surface area contributed by atoms with Crippen LogP contribution in [0.3, 0.4) is 0 Å². The molecule has 4 heterocycles. The molecule has 6 heteroatoms. The van der Waals surface area contributed by atoms with Crippen LogP contribution in [0.2, 0.25) is 0 Å². The van der Waals surface area contributed by atoms with Crippen LogP contribution in [0.1, 0.15) is 35.4 Å². The van der Waals surface area contributed by atoms with E-state index in [0.29, 0.717) is 23.8 Å². The van der Waals surface area contributed by atoms with Crippen LogP contribution in [0.25, 0.3) is 0 Å². The molecule has 2 aliphatic heterocycles. The average Bonchev–Trinajstić information content (AvgIpc) is 3.27. The second-order valence-corrected chi connectivity index (χ2v) is 7.30. The van der Waals surface area contributed by atoms with Gasteiger partial charge < -0.3 is 18.8 Å². The molecule has 0 aliphatic carbocycles. The SMILES string of the molecule is Cc1occc1C(=O)N1CCC2(CC1)COC(COc1ccccn1)C2. The minimum Gasteiger partial charge on any atom is -0.475 e. The topological polar surface area (TPSA) is 64.8 Å². The lowest BCUT2D eigenvalue weighted by Crippen LogP contribution is -2.43. The zero-order valence-corrected chi connectivity index (χ0v) is 15.0. The smallest absolute Gasteiger partial charge is 0.257 e. The largest absolute Gasteiger partial charge is 0.475 e. The number of carbonyl (C=O) groups excluding carboxylic acids is 1. The van der Waals surface area contributed by atoms with Crippen LogP contribution in [0.15, 0.2) is 41.1 Å². The van der Waals surface area contributed by atoms with E-state index < -0.39 is 0 Å². The summed E-state index contributed by atoms with van der Waals surface area (Å²) in [5.41, 5.74) is 0.839. The number of amides is 1. The fourth-order valence-electron chi connectivity index (χ4n) is 3.92. The number of aryl methyl sites for hydroxylation is 1. The number of piperidine rings is 1. The minimum absolute atomic E-state index is 0.0695. The van der Waals surface area contributed by atoms with E-state index in [1.165, 1.54) is 0 Å². The van der Waals surface area contributed by atoms with Crippen LogP contribution in [0.4, 0.5) is 0 Å². The van der Waals surface area contributed by atoms with Gasteiger partial charge >= 0.3 is 0 Å². The molecule has 0 aromatic carbocycles. The van der Waals surface area contributed by atoms with Gasteiger partial charge in [-0.25, -0.2) is 4.98 Å². The zero-order chi connectivity index (χ0) is 18.0. The Labute approximate surface area is 153 Å². The summed E-state index contributed by atoms with van der Waals surface area (Å²) >= 11 is 0. The van der Waals surface area contributed by atoms with Gasteiger partial charge in [-0.2, -0.15) is 0 Å². The summed E-state index contributed by atoms with van der Waals surface area (Å²) in [4.78, 5) is 18.7. The summed E-state index contributed by atoms with van der Waals surface area (Å²) in [6.45, 7) is 4.63. The molecule has 2 fully saturated rings. The van der Waals surface area contributed by atoms with E-state index in [4.69, 9.17) is 13.9 Å². The van der Waals surface area contributed by atoms with E-state index in [9.17, 15) is 4.79 Å². The highest BCUT2D eigenvalue weighted by molar-refractivity contribution is 5.95. The quantitative estimate of drug-likeness (QED) is 0.842. The molecule has 0 N–H and O–H groups in total. The lowest BCUT2D eigenvalue weighted by molar-refractivity contribution is 0.0422. The maximum absolute atomic E-state index is 12.6. The first-order chi connectivity index (χ1) is 12.7. The number of rotatable bonds is 4. The van der Waals surface area contributed by atoms with Crippen molar-refractivity contribution in [3.8, 4) is 5.88 Å². The fourth-order valence-corrected chi connectivity index (χ4v) is 3.92. The van der Waals surface area contributed by atoms with Crippen molar-refractivity contribution >= 4 is 5.91 Å². The maximum Gasteiger partial charge on any atom is 0.257 e. The van der Waals surface area contributed by atoms with Gasteiger partial charge in [0.2, 0.25) is 5.88 Å². The standard InChI is InChI=1S/C20H24N2O4/c1-15-17(5-11-24-15)19(23)22-9-6-20(7-10-22)12-16(26-14-20)13-25-18-4-2-3-8-21-18/h2-5,8,11,16H,6-7,9-10,12-14H2,1H3. The second kappa shape index (κ2) is 7.11. The lowest BCUT2D eigenvalue weighted by Gasteiger charge is -2.38. The van der Waals surface area contributed by atoms with Crippen molar-refractivity contribution < 1.29 is 18.7 Å². The Bertz CT molecular complexity index is 750. The van der Waals surface area contributed by atoms with Crippen LogP contribution >= 0.6 is 0 Å². The molecule has 138 valence electrons. The molecule has 0 radical (unpaired) electrons. The summed E-state index contributed by atoms with van der Waals surface area (Å²) in [5, 5.41) is 0. The van der Waals surface area contributed by atoms with Crippen LogP contribution < -0.4 is 4.74 Å². The van der Waals surface area contributed by atoms with Crippen molar-refractivity contribution in [3.63, 3.8) is 0 Å². The summed E-state index contributed by atoms with van der Waals surface area (Å²) in [6, 6.07) is 7.39. The molecule has 6 nitrogen and oxygen atoms in total. The molecule has 26 heavy (non-hydrogen) atoms. The molecule has 0 bridgehead atoms. The number of carbonyl (C=O) groups is 1. The van der Waals surface area contributed by atoms with E-state index >= 15 is 0 Å². The number of pyridine rings is 1. The Hall–Kier alpha value is -2.34. The van der Waals surface area contributed by atoms with Crippen molar-refractivity contribution in [2.24, 2.45) is 5.41 Å². The third kappa shape index (κ3) is 3.46. The summed E-state index contributed by atoms with van der Waals surface area (Å²) < 4.78 is 17.0. The van der Waals surface area contributed by atoms with Gasteiger partial charge in [0.05, 0.1) is 24.5 Å². The first-order valence-electron chi connectivity index (χ1n) is 9.14. The maximum atomic E-state index is 12.6. The number of likely N-dealkylation sites (tertiary alicyclic amines) is 1. The van der Waals surface area contributed by atoms with E-state index in [2.05, 4.69) is 4.98 Å². The first kappa shape index (κ1) is 17.1. The highest BCUT2D eigenvalue weighted by Crippen LogP contribution is 2.42. The van der Waals surface area contributed by atoms with E-state index in [0.717, 1.165) is 39.0 Å². The molecule has 1 amide bonds. The van der Waals surface area contributed by atoms with Crippen molar-refractivity contribution in [1.29, 1.82) is 0 Å². The van der Waals surface area contributed by atoms with Gasteiger partial charge in [-0.15, -0.1) is 0 Å². The van der Waals surface area contributed by atoms with E-state index in [-0.39, 0.29) is 17.4 Å². The molecule has 2 aromatic rings. The van der Waals surface area contributed by atoms with Crippen molar-refractivity contribution in [3.05, 3.63) is 48.0 Å². The molecule has 1 spiro atoms. The molecule has 2 aliphatic rings. The molecule has 0 saturated carbocycles. The summed E-state index contributed by atoms with van der Waals surface area (Å²) in [6.07, 6.45) is 6.31. The van der Waals surface area contributed by atoms with Gasteiger partial charge in [-0.3, -0.25) is 4.79 Å². The van der Waals surface area contributed by atoms with Gasteiger partial charge in [0.25, 0.3) is 5.91 Å². The predicted octanol–water partition coefficient (Wildman–Crippen LogP) is 3.07. The van der Waals surface area contributed by atoms with Crippen molar-refractivity contribution in [2.75, 3.05) is 26.3 Å². The average molecular weight is 356 g/mol. The Balaban J connectivity index is 1.29. The van der Waals surface area contributed by atoms with Crippen molar-refractivity contribution in [2.45, 2.75) is 32.3 Å². The molecular weight excluding hydrogens is 332 g/mol. The van der Waals surface area contributed by atoms with Crippen LogP contribution in [0, 0.1) is 12.3 Å². The Kier molecular flexibility index (Phi) is 4.68. The third-order valence-electron chi connectivity index (χ3n) is 5.54. The second-order valence-electron chi connectivity index (χ2n) is 7.30. The number of hydrogen-bond acceptors (Lipinski definition) is 5. The summed E-state index contributed by atoms with van der Waals surface area (Å²) in [5.74, 6) is 1.39. The molecule has 2 aromatic heterocycles. The number of hydrogen-bond donors (Lipinski definition) is 0. The third-order valence-corrected chi connectivity index (χ3v) is 5.54. The molecule has 2 saturated heterocycles. The highest BCUT2D eigenvalue weighted by atomic mass is 16.5. The predicted molar refractivity (Wildman–Crippen MR) is 95.1 cm³/mol. The van der Waals surface area contributed by atoms with Gasteiger partial charge in [-0.05, 0) is 43.7 Å². The number of aromatic nitrogens is 1. The molecular formula is C20H24N2O4. The lowest BCUT2D eigenvalue weighted by atomic mass is 9.76. The molecule has 4 rings (SSSR count). The number of furan rings is 1.